The second-order valence-electron chi connectivity index (χ2n) is 8.22. The first kappa shape index (κ1) is 22.9. The summed E-state index contributed by atoms with van der Waals surface area (Å²) in [5.41, 5.74) is 5.26. The van der Waals surface area contributed by atoms with Gasteiger partial charge in [-0.15, -0.1) is 0 Å². The predicted octanol–water partition coefficient (Wildman–Crippen LogP) is 5.64. The molecule has 0 radical (unpaired) electrons. The average molecular weight is 454 g/mol. The van der Waals surface area contributed by atoms with E-state index in [1.165, 1.54) is 12.1 Å². The molecule has 4 rings (SSSR count). The van der Waals surface area contributed by atoms with Gasteiger partial charge in [-0.2, -0.15) is 13.2 Å². The molecule has 4 nitrogen and oxygen atoms in total. The van der Waals surface area contributed by atoms with E-state index in [0.717, 1.165) is 27.9 Å². The molecule has 0 fully saturated rings. The highest BCUT2D eigenvalue weighted by molar-refractivity contribution is 5.81. The second kappa shape index (κ2) is 8.90. The number of aromatic nitrogens is 2. The Morgan fingerprint density at radius 2 is 1.58 bits per heavy atom. The third kappa shape index (κ3) is 4.59. The van der Waals surface area contributed by atoms with Gasteiger partial charge in [0.15, 0.2) is 0 Å². The molecule has 4 aromatic rings. The Balaban J connectivity index is 2.02. The van der Waals surface area contributed by atoms with Gasteiger partial charge in [-0.1, -0.05) is 48.9 Å². The quantitative estimate of drug-likeness (QED) is 0.417. The largest absolute Gasteiger partial charge is 0.416 e. The monoisotopic (exact) mass is 453 g/mol. The van der Waals surface area contributed by atoms with Gasteiger partial charge in [0.1, 0.15) is 0 Å². The van der Waals surface area contributed by atoms with Crippen molar-refractivity contribution in [2.75, 3.05) is 0 Å². The number of aliphatic hydroxyl groups is 1. The molecule has 0 spiro atoms. The fourth-order valence-electron chi connectivity index (χ4n) is 4.05. The van der Waals surface area contributed by atoms with Crippen LogP contribution >= 0.6 is 0 Å². The number of aryl methyl sites for hydroxylation is 3. The van der Waals surface area contributed by atoms with Gasteiger partial charge >= 0.3 is 6.18 Å². The fourth-order valence-corrected chi connectivity index (χ4v) is 4.05. The Labute approximate surface area is 190 Å². The highest BCUT2D eigenvalue weighted by atomic mass is 19.4. The number of hydrogen-bond donors (Lipinski definition) is 1. The van der Waals surface area contributed by atoms with Gasteiger partial charge in [-0.25, -0.2) is 4.99 Å². The summed E-state index contributed by atoms with van der Waals surface area (Å²) in [6.07, 6.45) is -3.98. The lowest BCUT2D eigenvalue weighted by molar-refractivity contribution is -0.137. The van der Waals surface area contributed by atoms with Gasteiger partial charge in [0, 0.05) is 7.05 Å². The Hall–Kier alpha value is -3.32. The van der Waals surface area contributed by atoms with Crippen LogP contribution in [0.5, 0.6) is 0 Å². The van der Waals surface area contributed by atoms with E-state index in [-0.39, 0.29) is 6.61 Å². The summed E-state index contributed by atoms with van der Waals surface area (Å²) >= 11 is 0. The summed E-state index contributed by atoms with van der Waals surface area (Å²) in [5, 5.41) is 9.32. The minimum Gasteiger partial charge on any atom is -0.392 e. The molecular formula is C26H26F3N3O. The molecule has 0 aliphatic rings. The second-order valence-corrected chi connectivity index (χ2v) is 8.22. The lowest BCUT2D eigenvalue weighted by Gasteiger charge is -2.12. The van der Waals surface area contributed by atoms with E-state index in [2.05, 4.69) is 0 Å². The molecule has 0 aliphatic heterocycles. The zero-order valence-corrected chi connectivity index (χ0v) is 18.8. The standard InChI is InChI=1S/C26H26F3N3O/c1-4-20-13-21(26(27,28)29)14-23-24(20)31(3)25(30-22-11-5-17(2)6-12-22)32(23)15-18-7-9-19(16-33)10-8-18/h5-14,33H,4,15-16H2,1-3H3/b30-25-. The van der Waals surface area contributed by atoms with Crippen molar-refractivity contribution in [3.05, 3.63) is 94.1 Å². The molecule has 0 saturated carbocycles. The molecule has 1 aromatic heterocycles. The van der Waals surface area contributed by atoms with Crippen LogP contribution in [-0.4, -0.2) is 14.2 Å². The molecule has 1 heterocycles. The van der Waals surface area contributed by atoms with Crippen molar-refractivity contribution in [2.24, 2.45) is 12.0 Å². The van der Waals surface area contributed by atoms with Crippen molar-refractivity contribution in [3.63, 3.8) is 0 Å². The summed E-state index contributed by atoms with van der Waals surface area (Å²) in [5.74, 6) is 0. The lowest BCUT2D eigenvalue weighted by Crippen LogP contribution is -2.24. The van der Waals surface area contributed by atoms with E-state index >= 15 is 0 Å². The Morgan fingerprint density at radius 1 is 0.939 bits per heavy atom. The molecule has 1 N–H and O–H groups in total. The van der Waals surface area contributed by atoms with Crippen molar-refractivity contribution in [1.82, 2.24) is 9.13 Å². The van der Waals surface area contributed by atoms with Crippen LogP contribution in [0.25, 0.3) is 11.0 Å². The van der Waals surface area contributed by atoms with Crippen molar-refractivity contribution >= 4 is 16.7 Å². The number of imidazole rings is 1. The Kier molecular flexibility index (Phi) is 6.17. The van der Waals surface area contributed by atoms with E-state index in [0.29, 0.717) is 29.7 Å². The Bertz CT molecular complexity index is 1350. The van der Waals surface area contributed by atoms with Crippen LogP contribution in [0, 0.1) is 6.92 Å². The molecule has 3 aromatic carbocycles. The summed E-state index contributed by atoms with van der Waals surface area (Å²) < 4.78 is 44.8. The van der Waals surface area contributed by atoms with Gasteiger partial charge in [-0.05, 0) is 54.3 Å². The number of rotatable bonds is 5. The molecule has 33 heavy (non-hydrogen) atoms. The van der Waals surface area contributed by atoms with Crippen LogP contribution in [0.1, 0.15) is 34.7 Å². The number of hydrogen-bond acceptors (Lipinski definition) is 2. The van der Waals surface area contributed by atoms with E-state index in [9.17, 15) is 18.3 Å². The molecule has 0 atom stereocenters. The maximum absolute atomic E-state index is 13.7. The van der Waals surface area contributed by atoms with E-state index in [4.69, 9.17) is 4.99 Å². The molecule has 0 amide bonds. The van der Waals surface area contributed by atoms with Crippen LogP contribution < -0.4 is 5.62 Å². The molecule has 0 bridgehead atoms. The zero-order valence-electron chi connectivity index (χ0n) is 18.8. The molecule has 0 unspecified atom stereocenters. The number of alkyl halides is 3. The average Bonchev–Trinajstić information content (AvgIpc) is 3.05. The van der Waals surface area contributed by atoms with Crippen LogP contribution in [0.2, 0.25) is 0 Å². The normalized spacial score (nSPS) is 12.6. The summed E-state index contributed by atoms with van der Waals surface area (Å²) in [6, 6.07) is 17.5. The highest BCUT2D eigenvalue weighted by Crippen LogP contribution is 2.33. The SMILES string of the molecule is CCc1cc(C(F)(F)F)cc2c1n(C)/c(=N/c1ccc(C)cc1)n2Cc1ccc(CO)cc1. The molecule has 7 heteroatoms. The minimum atomic E-state index is -4.44. The first-order chi connectivity index (χ1) is 15.7. The summed E-state index contributed by atoms with van der Waals surface area (Å²) in [6.45, 7) is 4.13. The van der Waals surface area contributed by atoms with Crippen molar-refractivity contribution < 1.29 is 18.3 Å². The van der Waals surface area contributed by atoms with E-state index in [1.54, 1.807) is 0 Å². The number of nitrogens with zero attached hydrogens (tertiary/aromatic N) is 3. The first-order valence-corrected chi connectivity index (χ1v) is 10.8. The van der Waals surface area contributed by atoms with Crippen LogP contribution in [-0.2, 0) is 32.8 Å². The van der Waals surface area contributed by atoms with E-state index < -0.39 is 11.7 Å². The maximum atomic E-state index is 13.7. The maximum Gasteiger partial charge on any atom is 0.416 e. The summed E-state index contributed by atoms with van der Waals surface area (Å²) in [4.78, 5) is 4.82. The minimum absolute atomic E-state index is 0.0650. The van der Waals surface area contributed by atoms with Crippen molar-refractivity contribution in [3.8, 4) is 0 Å². The number of benzene rings is 3. The summed E-state index contributed by atoms with van der Waals surface area (Å²) in [7, 11) is 1.84. The van der Waals surface area contributed by atoms with E-state index in [1.807, 2.05) is 78.6 Å². The van der Waals surface area contributed by atoms with Crippen LogP contribution in [0.15, 0.2) is 65.7 Å². The van der Waals surface area contributed by atoms with Gasteiger partial charge in [0.05, 0.1) is 35.4 Å². The zero-order chi connectivity index (χ0) is 23.8. The third-order valence-corrected chi connectivity index (χ3v) is 5.85. The van der Waals surface area contributed by atoms with Gasteiger partial charge in [-0.3, -0.25) is 0 Å². The number of halogens is 3. The van der Waals surface area contributed by atoms with Crippen LogP contribution in [0.4, 0.5) is 18.9 Å². The predicted molar refractivity (Wildman–Crippen MR) is 123 cm³/mol. The van der Waals surface area contributed by atoms with Gasteiger partial charge < -0.3 is 14.2 Å². The molecule has 0 saturated heterocycles. The first-order valence-electron chi connectivity index (χ1n) is 10.8. The fraction of sp³-hybridized carbons (Fsp3) is 0.269. The topological polar surface area (TPSA) is 42.5 Å². The molecular weight excluding hydrogens is 427 g/mol. The van der Waals surface area contributed by atoms with Crippen molar-refractivity contribution in [2.45, 2.75) is 39.6 Å². The number of fused-ring (bicyclic) bond motifs is 1. The number of aliphatic hydroxyl groups excluding tert-OH is 1. The third-order valence-electron chi connectivity index (χ3n) is 5.85. The van der Waals surface area contributed by atoms with Gasteiger partial charge in [0.2, 0.25) is 5.62 Å². The molecule has 172 valence electrons. The molecule has 0 aliphatic carbocycles. The van der Waals surface area contributed by atoms with Crippen molar-refractivity contribution in [1.29, 1.82) is 0 Å². The lowest BCUT2D eigenvalue weighted by atomic mass is 10.1. The smallest absolute Gasteiger partial charge is 0.392 e. The van der Waals surface area contributed by atoms with Crippen LogP contribution in [0.3, 0.4) is 0 Å². The Morgan fingerprint density at radius 3 is 2.15 bits per heavy atom. The highest BCUT2D eigenvalue weighted by Gasteiger charge is 2.32. The van der Waals surface area contributed by atoms with Gasteiger partial charge in [0.25, 0.3) is 0 Å².